The van der Waals surface area contributed by atoms with Crippen molar-refractivity contribution in [2.24, 2.45) is 0 Å². The van der Waals surface area contributed by atoms with Crippen molar-refractivity contribution >= 4 is 40.3 Å². The van der Waals surface area contributed by atoms with E-state index in [-0.39, 0.29) is 0 Å². The van der Waals surface area contributed by atoms with Crippen LogP contribution in [0.15, 0.2) is 103 Å². The number of rotatable bonds is 2. The van der Waals surface area contributed by atoms with Crippen molar-refractivity contribution in [1.29, 1.82) is 5.26 Å². The van der Waals surface area contributed by atoms with Gasteiger partial charge in [0.2, 0.25) is 0 Å². The van der Waals surface area contributed by atoms with Crippen molar-refractivity contribution < 1.29 is 0 Å². The molecular formula is C32H23N3Si. The summed E-state index contributed by atoms with van der Waals surface area (Å²) in [6, 6.07) is 36.8. The summed E-state index contributed by atoms with van der Waals surface area (Å²) in [6.45, 7) is 4.97. The predicted molar refractivity (Wildman–Crippen MR) is 151 cm³/mol. The first-order valence-corrected chi connectivity index (χ1v) is 15.2. The Balaban J connectivity index is 1.52. The van der Waals surface area contributed by atoms with Crippen molar-refractivity contribution in [2.75, 3.05) is 0 Å². The second kappa shape index (κ2) is 7.52. The van der Waals surface area contributed by atoms with Crippen molar-refractivity contribution in [3.8, 4) is 34.1 Å². The molecule has 3 nitrogen and oxygen atoms in total. The summed E-state index contributed by atoms with van der Waals surface area (Å²) < 4.78 is 2.39. The monoisotopic (exact) mass is 477 g/mol. The molecule has 0 bridgehead atoms. The van der Waals surface area contributed by atoms with E-state index in [1.807, 2.05) is 12.1 Å². The molecule has 1 aliphatic heterocycles. The molecule has 6 aromatic rings. The summed E-state index contributed by atoms with van der Waals surface area (Å²) in [6.07, 6.45) is 1.64. The van der Waals surface area contributed by atoms with Crippen LogP contribution in [0.5, 0.6) is 0 Å². The number of hydrogen-bond acceptors (Lipinski definition) is 2. The second-order valence-corrected chi connectivity index (χ2v) is 14.3. The molecule has 0 aliphatic carbocycles. The van der Waals surface area contributed by atoms with Gasteiger partial charge >= 0.3 is 0 Å². The summed E-state index contributed by atoms with van der Waals surface area (Å²) in [5.41, 5.74) is 8.83. The van der Waals surface area contributed by atoms with E-state index in [4.69, 9.17) is 5.26 Å². The Kier molecular flexibility index (Phi) is 4.36. The van der Waals surface area contributed by atoms with Gasteiger partial charge in [-0.25, -0.2) is 0 Å². The van der Waals surface area contributed by atoms with E-state index in [0.29, 0.717) is 5.56 Å². The van der Waals surface area contributed by atoms with Gasteiger partial charge in [-0.15, -0.1) is 0 Å². The summed E-state index contributed by atoms with van der Waals surface area (Å²) in [4.78, 5) is 4.53. The minimum Gasteiger partial charge on any atom is -0.309 e. The van der Waals surface area contributed by atoms with Crippen molar-refractivity contribution in [2.45, 2.75) is 13.1 Å². The zero-order valence-corrected chi connectivity index (χ0v) is 21.2. The van der Waals surface area contributed by atoms with Gasteiger partial charge in [-0.05, 0) is 57.9 Å². The molecule has 0 unspecified atom stereocenters. The third-order valence-corrected chi connectivity index (χ3v) is 11.2. The predicted octanol–water partition coefficient (Wildman–Crippen LogP) is 6.52. The van der Waals surface area contributed by atoms with Crippen LogP contribution in [0.25, 0.3) is 49.9 Å². The summed E-state index contributed by atoms with van der Waals surface area (Å²) >= 11 is 0. The Hall–Kier alpha value is -4.46. The van der Waals surface area contributed by atoms with Gasteiger partial charge in [0, 0.05) is 28.2 Å². The van der Waals surface area contributed by atoms with Crippen LogP contribution in [0, 0.1) is 11.3 Å². The fourth-order valence-electron chi connectivity index (χ4n) is 6.04. The number of nitriles is 1. The van der Waals surface area contributed by atoms with Crippen LogP contribution in [-0.4, -0.2) is 17.6 Å². The Morgan fingerprint density at radius 2 is 1.61 bits per heavy atom. The highest BCUT2D eigenvalue weighted by Gasteiger charge is 2.39. The molecule has 4 heteroatoms. The van der Waals surface area contributed by atoms with Crippen LogP contribution in [0.4, 0.5) is 0 Å². The molecule has 0 radical (unpaired) electrons. The molecule has 2 aromatic heterocycles. The Bertz CT molecular complexity index is 1870. The van der Waals surface area contributed by atoms with Gasteiger partial charge in [-0.3, -0.25) is 4.98 Å². The number of para-hydroxylation sites is 1. The lowest BCUT2D eigenvalue weighted by molar-refractivity contribution is 1.18. The molecule has 1 aliphatic rings. The smallest absolute Gasteiger partial charge is 0.114 e. The molecule has 3 heterocycles. The number of fused-ring (bicyclic) bond motifs is 7. The molecule has 4 aromatic carbocycles. The van der Waals surface area contributed by atoms with Crippen LogP contribution in [0.1, 0.15) is 5.56 Å². The van der Waals surface area contributed by atoms with E-state index in [1.165, 1.54) is 38.1 Å². The molecule has 0 spiro atoms. The minimum absolute atomic E-state index is 0.568. The molecule has 36 heavy (non-hydrogen) atoms. The lowest BCUT2D eigenvalue weighted by Gasteiger charge is -2.20. The highest BCUT2D eigenvalue weighted by atomic mass is 28.3. The molecule has 0 fully saturated rings. The molecule has 0 saturated carbocycles. The molecule has 0 atom stereocenters. The lowest BCUT2D eigenvalue weighted by Crippen LogP contribution is -2.49. The molecule has 170 valence electrons. The van der Waals surface area contributed by atoms with Gasteiger partial charge in [0.1, 0.15) is 14.1 Å². The fraction of sp³-hybridized carbons (Fsp3) is 0.0625. The van der Waals surface area contributed by atoms with E-state index in [2.05, 4.69) is 114 Å². The van der Waals surface area contributed by atoms with Crippen LogP contribution < -0.4 is 10.4 Å². The van der Waals surface area contributed by atoms with Crippen LogP contribution in [0.2, 0.25) is 13.1 Å². The van der Waals surface area contributed by atoms with Crippen LogP contribution in [0.3, 0.4) is 0 Å². The van der Waals surface area contributed by atoms with Gasteiger partial charge < -0.3 is 4.57 Å². The summed E-state index contributed by atoms with van der Waals surface area (Å²) in [5.74, 6) is 0. The van der Waals surface area contributed by atoms with E-state index in [0.717, 1.165) is 16.9 Å². The zero-order valence-electron chi connectivity index (χ0n) is 20.2. The minimum atomic E-state index is -1.87. The standard InChI is InChI=1S/C32H23N3Si/c1-36(2)30-13-6-4-10-24(30)25-15-17-29-31(32(25)36)26-11-3-5-12-28(26)35(29)23-9-7-8-22(18-23)27-16-14-21(19-33)20-34-27/h3-18,20H,1-2H3. The van der Waals surface area contributed by atoms with E-state index in [9.17, 15) is 0 Å². The Labute approximate surface area is 210 Å². The molecule has 0 N–H and O–H groups in total. The number of aromatic nitrogens is 2. The maximum atomic E-state index is 9.14. The first-order valence-electron chi connectivity index (χ1n) is 12.2. The zero-order chi connectivity index (χ0) is 24.4. The number of benzene rings is 4. The largest absolute Gasteiger partial charge is 0.309 e. The van der Waals surface area contributed by atoms with Crippen molar-refractivity contribution in [3.63, 3.8) is 0 Å². The van der Waals surface area contributed by atoms with Gasteiger partial charge in [-0.1, -0.05) is 73.8 Å². The van der Waals surface area contributed by atoms with Gasteiger partial charge in [0.15, 0.2) is 0 Å². The highest BCUT2D eigenvalue weighted by molar-refractivity contribution is 7.05. The molecule has 0 amide bonds. The third kappa shape index (κ3) is 2.81. The van der Waals surface area contributed by atoms with Crippen molar-refractivity contribution in [3.05, 3.63) is 109 Å². The highest BCUT2D eigenvalue weighted by Crippen LogP contribution is 2.38. The second-order valence-electron chi connectivity index (χ2n) is 10.00. The molecule has 7 rings (SSSR count). The van der Waals surface area contributed by atoms with Crippen LogP contribution >= 0.6 is 0 Å². The lowest BCUT2D eigenvalue weighted by atomic mass is 10.0. The van der Waals surface area contributed by atoms with Gasteiger partial charge in [0.25, 0.3) is 0 Å². The first-order chi connectivity index (χ1) is 17.6. The average molecular weight is 478 g/mol. The number of hydrogen-bond donors (Lipinski definition) is 0. The molecular weight excluding hydrogens is 454 g/mol. The van der Waals surface area contributed by atoms with Gasteiger partial charge in [0.05, 0.1) is 22.3 Å². The Morgan fingerprint density at radius 3 is 2.44 bits per heavy atom. The topological polar surface area (TPSA) is 41.6 Å². The Morgan fingerprint density at radius 1 is 0.778 bits per heavy atom. The summed E-state index contributed by atoms with van der Waals surface area (Å²) in [7, 11) is -1.87. The number of pyridine rings is 1. The SMILES string of the molecule is C[Si]1(C)c2ccccc2-c2ccc3c(c21)c1ccccc1n3-c1cccc(-c2ccc(C#N)cn2)c1. The van der Waals surface area contributed by atoms with Crippen LogP contribution in [-0.2, 0) is 0 Å². The maximum Gasteiger partial charge on any atom is 0.114 e. The van der Waals surface area contributed by atoms with Crippen molar-refractivity contribution in [1.82, 2.24) is 9.55 Å². The fourth-order valence-corrected chi connectivity index (χ4v) is 9.50. The number of nitrogens with zero attached hydrogens (tertiary/aromatic N) is 3. The average Bonchev–Trinajstić information content (AvgIpc) is 3.38. The van der Waals surface area contributed by atoms with E-state index >= 15 is 0 Å². The third-order valence-electron chi connectivity index (χ3n) is 7.65. The van der Waals surface area contributed by atoms with Gasteiger partial charge in [-0.2, -0.15) is 5.26 Å². The summed E-state index contributed by atoms with van der Waals surface area (Å²) in [5, 5.41) is 14.9. The maximum absolute atomic E-state index is 9.14. The van der Waals surface area contributed by atoms with E-state index < -0.39 is 8.07 Å². The first kappa shape index (κ1) is 20.9. The quantitative estimate of drug-likeness (QED) is 0.266. The van der Waals surface area contributed by atoms with E-state index in [1.54, 1.807) is 11.4 Å². The normalized spacial score (nSPS) is 13.5. The molecule has 0 saturated heterocycles.